The summed E-state index contributed by atoms with van der Waals surface area (Å²) in [7, 11) is 2.13. The molecule has 5 rings (SSSR count). The standard InChI is InChI=1S/C27H21N2Se/c1-17-10-15-23(29(4)16-17)24-18(2)11-12-20-21-13-14-22(28-3)25(27(21)30-26(20)24)19-8-6-5-7-9-19/h5-16H,1-2,4H3/q+1. The van der Waals surface area contributed by atoms with E-state index in [1.807, 2.05) is 12.1 Å². The third kappa shape index (κ3) is 2.89. The number of hydrogen-bond acceptors (Lipinski definition) is 0. The quantitative estimate of drug-likeness (QED) is 0.167. The van der Waals surface area contributed by atoms with Crippen LogP contribution in [0.25, 0.3) is 46.5 Å². The Balaban J connectivity index is 1.92. The fraction of sp³-hybridized carbons (Fsp3) is 0.111. The molecule has 3 heteroatoms. The van der Waals surface area contributed by atoms with Crippen molar-refractivity contribution in [2.24, 2.45) is 7.05 Å². The topological polar surface area (TPSA) is 8.24 Å². The molecule has 5 aromatic rings. The second-order valence-corrected chi connectivity index (χ2v) is 9.89. The molecule has 30 heavy (non-hydrogen) atoms. The Morgan fingerprint density at radius 3 is 2.20 bits per heavy atom. The van der Waals surface area contributed by atoms with Crippen LogP contribution < -0.4 is 4.57 Å². The summed E-state index contributed by atoms with van der Waals surface area (Å²) in [6, 6.07) is 23.5. The number of aromatic nitrogens is 1. The van der Waals surface area contributed by atoms with Gasteiger partial charge < -0.3 is 0 Å². The van der Waals surface area contributed by atoms with E-state index in [2.05, 4.69) is 91.1 Å². The molecule has 0 radical (unpaired) electrons. The van der Waals surface area contributed by atoms with Crippen molar-refractivity contribution >= 4 is 39.5 Å². The molecule has 2 heterocycles. The van der Waals surface area contributed by atoms with Crippen LogP contribution in [0.3, 0.4) is 0 Å². The van der Waals surface area contributed by atoms with Crippen LogP contribution in [-0.4, -0.2) is 14.5 Å². The van der Waals surface area contributed by atoms with Crippen molar-refractivity contribution in [1.82, 2.24) is 0 Å². The second kappa shape index (κ2) is 7.26. The number of fused-ring (bicyclic) bond motifs is 3. The summed E-state index contributed by atoms with van der Waals surface area (Å²) in [4.78, 5) is 3.87. The fourth-order valence-corrected chi connectivity index (χ4v) is 7.38. The molecule has 0 aliphatic rings. The first-order valence-corrected chi connectivity index (χ1v) is 11.7. The van der Waals surface area contributed by atoms with Gasteiger partial charge in [-0.3, -0.25) is 0 Å². The average Bonchev–Trinajstić information content (AvgIpc) is 3.13. The molecule has 0 saturated carbocycles. The van der Waals surface area contributed by atoms with E-state index in [4.69, 9.17) is 6.57 Å². The Bertz CT molecular complexity index is 1470. The first-order chi connectivity index (χ1) is 14.6. The number of hydrogen-bond donors (Lipinski definition) is 0. The van der Waals surface area contributed by atoms with Gasteiger partial charge >= 0.3 is 183 Å². The minimum absolute atomic E-state index is 0.135. The van der Waals surface area contributed by atoms with Gasteiger partial charge in [0.15, 0.2) is 0 Å². The normalized spacial score (nSPS) is 11.1. The summed E-state index contributed by atoms with van der Waals surface area (Å²) in [5.74, 6) is 0. The maximum absolute atomic E-state index is 7.75. The minimum atomic E-state index is 0.135. The monoisotopic (exact) mass is 453 g/mol. The van der Waals surface area contributed by atoms with Crippen LogP contribution in [0.5, 0.6) is 0 Å². The van der Waals surface area contributed by atoms with Gasteiger partial charge in [-0.1, -0.05) is 0 Å². The third-order valence-corrected chi connectivity index (χ3v) is 8.35. The molecule has 0 amide bonds. The van der Waals surface area contributed by atoms with Gasteiger partial charge in [0.1, 0.15) is 0 Å². The zero-order valence-corrected chi connectivity index (χ0v) is 18.9. The van der Waals surface area contributed by atoms with E-state index in [0.29, 0.717) is 0 Å². The SMILES string of the molecule is [C-]#[N+]c1ccc2c([se]c3c(-c4ccc(C)c[n+]4C)c(C)ccc32)c1-c1ccccc1. The van der Waals surface area contributed by atoms with Crippen LogP contribution >= 0.6 is 0 Å². The van der Waals surface area contributed by atoms with Gasteiger partial charge in [0.25, 0.3) is 0 Å². The van der Waals surface area contributed by atoms with Crippen LogP contribution in [0, 0.1) is 20.4 Å². The van der Waals surface area contributed by atoms with Crippen molar-refractivity contribution in [3.63, 3.8) is 0 Å². The molecule has 144 valence electrons. The molecule has 0 unspecified atom stereocenters. The molecule has 0 N–H and O–H groups in total. The molecule has 0 aliphatic heterocycles. The molecular formula is C27H21N2Se+. The summed E-state index contributed by atoms with van der Waals surface area (Å²) in [5, 5.41) is 2.60. The van der Waals surface area contributed by atoms with E-state index >= 15 is 0 Å². The Hall–Kier alpha value is -3.18. The second-order valence-electron chi connectivity index (χ2n) is 7.75. The zero-order valence-electron chi connectivity index (χ0n) is 17.2. The van der Waals surface area contributed by atoms with Gasteiger partial charge in [-0.25, -0.2) is 0 Å². The molecule has 2 aromatic heterocycles. The van der Waals surface area contributed by atoms with E-state index in [1.54, 1.807) is 0 Å². The van der Waals surface area contributed by atoms with Gasteiger partial charge in [-0.15, -0.1) is 0 Å². The number of rotatable bonds is 2. The van der Waals surface area contributed by atoms with E-state index in [9.17, 15) is 0 Å². The van der Waals surface area contributed by atoms with Crippen molar-refractivity contribution in [2.75, 3.05) is 0 Å². The summed E-state index contributed by atoms with van der Waals surface area (Å²) in [6.07, 6.45) is 2.19. The van der Waals surface area contributed by atoms with Crippen molar-refractivity contribution in [3.05, 3.63) is 95.5 Å². The van der Waals surface area contributed by atoms with E-state index in [-0.39, 0.29) is 14.5 Å². The Morgan fingerprint density at radius 1 is 0.800 bits per heavy atom. The zero-order chi connectivity index (χ0) is 20.8. The summed E-state index contributed by atoms with van der Waals surface area (Å²) in [6.45, 7) is 12.1. The predicted octanol–water partition coefficient (Wildman–Crippen LogP) is 6.38. The molecular weight excluding hydrogens is 431 g/mol. The first kappa shape index (κ1) is 18.8. The van der Waals surface area contributed by atoms with Crippen LogP contribution in [-0.2, 0) is 7.05 Å². The van der Waals surface area contributed by atoms with Gasteiger partial charge in [0.2, 0.25) is 0 Å². The molecule has 3 aromatic carbocycles. The van der Waals surface area contributed by atoms with E-state index in [0.717, 1.165) is 16.8 Å². The number of nitrogens with zero attached hydrogens (tertiary/aromatic N) is 2. The molecule has 0 aliphatic carbocycles. The first-order valence-electron chi connectivity index (χ1n) is 9.97. The Morgan fingerprint density at radius 2 is 1.50 bits per heavy atom. The molecule has 0 saturated heterocycles. The molecule has 0 atom stereocenters. The average molecular weight is 452 g/mol. The van der Waals surface area contributed by atoms with Crippen LogP contribution in [0.15, 0.2) is 72.9 Å². The summed E-state index contributed by atoms with van der Waals surface area (Å²) < 4.78 is 5.00. The van der Waals surface area contributed by atoms with E-state index < -0.39 is 0 Å². The molecule has 0 bridgehead atoms. The van der Waals surface area contributed by atoms with Gasteiger partial charge in [0, 0.05) is 0 Å². The fourth-order valence-electron chi connectivity index (χ4n) is 4.29. The van der Waals surface area contributed by atoms with Crippen molar-refractivity contribution in [3.8, 4) is 22.4 Å². The number of benzene rings is 3. The van der Waals surface area contributed by atoms with E-state index in [1.165, 1.54) is 41.7 Å². The predicted molar refractivity (Wildman–Crippen MR) is 126 cm³/mol. The van der Waals surface area contributed by atoms with Crippen LogP contribution in [0.4, 0.5) is 5.69 Å². The summed E-state index contributed by atoms with van der Waals surface area (Å²) in [5.41, 5.74) is 8.13. The maximum atomic E-state index is 7.75. The Labute approximate surface area is 182 Å². The molecule has 0 spiro atoms. The van der Waals surface area contributed by atoms with Gasteiger partial charge in [-0.2, -0.15) is 0 Å². The molecule has 2 nitrogen and oxygen atoms in total. The van der Waals surface area contributed by atoms with Crippen molar-refractivity contribution < 1.29 is 4.57 Å². The van der Waals surface area contributed by atoms with Crippen molar-refractivity contribution in [1.29, 1.82) is 0 Å². The number of aryl methyl sites for hydroxylation is 3. The van der Waals surface area contributed by atoms with Crippen molar-refractivity contribution in [2.45, 2.75) is 13.8 Å². The molecule has 0 fully saturated rings. The van der Waals surface area contributed by atoms with Crippen LogP contribution in [0.2, 0.25) is 0 Å². The third-order valence-electron chi connectivity index (χ3n) is 5.72. The summed E-state index contributed by atoms with van der Waals surface area (Å²) >= 11 is 0.135. The van der Waals surface area contributed by atoms with Gasteiger partial charge in [0.05, 0.1) is 0 Å². The Kier molecular flexibility index (Phi) is 4.55. The van der Waals surface area contributed by atoms with Gasteiger partial charge in [-0.05, 0) is 0 Å². The number of pyridine rings is 1. The van der Waals surface area contributed by atoms with Crippen LogP contribution in [0.1, 0.15) is 11.1 Å².